The van der Waals surface area contributed by atoms with Crippen LogP contribution in [0.4, 0.5) is 14.5 Å². The van der Waals surface area contributed by atoms with Crippen LogP contribution in [-0.2, 0) is 9.53 Å². The number of ether oxygens (including phenoxy) is 2. The molecule has 2 aliphatic heterocycles. The molecule has 1 atom stereocenters. The van der Waals surface area contributed by atoms with Crippen LogP contribution in [-0.4, -0.2) is 103 Å². The first-order valence-corrected chi connectivity index (χ1v) is 12.5. The summed E-state index contributed by atoms with van der Waals surface area (Å²) in [6.07, 6.45) is 0.866. The van der Waals surface area contributed by atoms with Crippen LogP contribution in [0.3, 0.4) is 0 Å². The maximum Gasteiger partial charge on any atom is 0.248 e. The summed E-state index contributed by atoms with van der Waals surface area (Å²) in [5.41, 5.74) is -1.97. The Kier molecular flexibility index (Phi) is 8.63. The molecule has 2 heterocycles. The lowest BCUT2D eigenvalue weighted by Crippen LogP contribution is -2.56. The van der Waals surface area contributed by atoms with Gasteiger partial charge in [-0.15, -0.1) is 0 Å². The molecule has 0 saturated carbocycles. The zero-order valence-corrected chi connectivity index (χ0v) is 21.1. The number of amides is 1. The number of benzene rings is 2. The van der Waals surface area contributed by atoms with Crippen molar-refractivity contribution in [2.45, 2.75) is 24.0 Å². The highest BCUT2D eigenvalue weighted by Gasteiger charge is 2.41. The molecule has 1 unspecified atom stereocenters. The van der Waals surface area contributed by atoms with Crippen LogP contribution in [0.15, 0.2) is 48.5 Å². The lowest BCUT2D eigenvalue weighted by molar-refractivity contribution is -0.138. The lowest BCUT2D eigenvalue weighted by atomic mass is 9.90. The monoisotopic (exact) mass is 519 g/mol. The smallest absolute Gasteiger partial charge is 0.248 e. The Morgan fingerprint density at radius 3 is 2.43 bits per heavy atom. The Labute approximate surface area is 216 Å². The van der Waals surface area contributed by atoms with E-state index in [0.29, 0.717) is 44.7 Å². The van der Waals surface area contributed by atoms with Gasteiger partial charge >= 0.3 is 0 Å². The average Bonchev–Trinajstić information content (AvgIpc) is 3.03. The maximum atomic E-state index is 14.2. The van der Waals surface area contributed by atoms with Crippen molar-refractivity contribution in [1.82, 2.24) is 9.80 Å². The minimum absolute atomic E-state index is 0.0144. The number of nitrogens with zero attached hydrogens (tertiary/aromatic N) is 3. The molecule has 202 valence electrons. The molecule has 2 aliphatic rings. The van der Waals surface area contributed by atoms with E-state index >= 15 is 0 Å². The fraction of sp³-hybridized carbons (Fsp3) is 0.519. The molecule has 2 fully saturated rings. The predicted octanol–water partition coefficient (Wildman–Crippen LogP) is 1.90. The van der Waals surface area contributed by atoms with E-state index in [-0.39, 0.29) is 50.3 Å². The molecule has 4 rings (SSSR count). The molecular weight excluding hydrogens is 484 g/mol. The summed E-state index contributed by atoms with van der Waals surface area (Å²) < 4.78 is 38.5. The van der Waals surface area contributed by atoms with E-state index < -0.39 is 17.0 Å². The van der Waals surface area contributed by atoms with Crippen molar-refractivity contribution < 1.29 is 33.3 Å². The minimum Gasteiger partial charge on any atom is -0.490 e. The van der Waals surface area contributed by atoms with Crippen LogP contribution in [0.1, 0.15) is 12.8 Å². The molecule has 0 bridgehead atoms. The van der Waals surface area contributed by atoms with Gasteiger partial charge in [-0.3, -0.25) is 9.69 Å². The van der Waals surface area contributed by atoms with E-state index in [1.807, 2.05) is 9.80 Å². The van der Waals surface area contributed by atoms with Crippen molar-refractivity contribution in [2.24, 2.45) is 0 Å². The molecule has 2 aromatic carbocycles. The van der Waals surface area contributed by atoms with Crippen molar-refractivity contribution >= 4 is 11.6 Å². The van der Waals surface area contributed by atoms with E-state index in [1.54, 1.807) is 24.3 Å². The van der Waals surface area contributed by atoms with Crippen LogP contribution in [0.25, 0.3) is 0 Å². The second-order valence-corrected chi connectivity index (χ2v) is 10.1. The maximum absolute atomic E-state index is 14.2. The van der Waals surface area contributed by atoms with Crippen LogP contribution >= 0.6 is 0 Å². The molecule has 2 aromatic rings. The van der Waals surface area contributed by atoms with Gasteiger partial charge in [0.15, 0.2) is 0 Å². The summed E-state index contributed by atoms with van der Waals surface area (Å²) in [5.74, 6) is -0.721. The number of β-amino-alcohol motifs (C(OH)–C–C–N with tert-alkyl or cyclic N) is 2. The van der Waals surface area contributed by atoms with Crippen LogP contribution < -0.4 is 9.64 Å². The third-order valence-corrected chi connectivity index (χ3v) is 7.02. The molecule has 8 nitrogen and oxygen atoms in total. The molecule has 0 radical (unpaired) electrons. The fourth-order valence-corrected chi connectivity index (χ4v) is 5.12. The van der Waals surface area contributed by atoms with Gasteiger partial charge < -0.3 is 29.5 Å². The van der Waals surface area contributed by atoms with Crippen LogP contribution in [0, 0.1) is 11.6 Å². The highest BCUT2D eigenvalue weighted by Crippen LogP contribution is 2.30. The third-order valence-electron chi connectivity index (χ3n) is 7.02. The van der Waals surface area contributed by atoms with Gasteiger partial charge in [-0.1, -0.05) is 18.2 Å². The predicted molar refractivity (Wildman–Crippen MR) is 135 cm³/mol. The van der Waals surface area contributed by atoms with E-state index in [2.05, 4.69) is 0 Å². The van der Waals surface area contributed by atoms with Gasteiger partial charge in [-0.25, -0.2) is 8.78 Å². The molecule has 37 heavy (non-hydrogen) atoms. The number of methoxy groups -OCH3 is 1. The Morgan fingerprint density at radius 1 is 0.973 bits per heavy atom. The number of carbonyl (C=O) groups excluding carboxylic acids is 1. The average molecular weight is 520 g/mol. The summed E-state index contributed by atoms with van der Waals surface area (Å²) in [7, 11) is 1.43. The number of hydrogen-bond acceptors (Lipinski definition) is 7. The van der Waals surface area contributed by atoms with Crippen molar-refractivity contribution in [3.05, 3.63) is 60.2 Å². The number of halogens is 2. The van der Waals surface area contributed by atoms with Crippen molar-refractivity contribution in [3.8, 4) is 5.75 Å². The van der Waals surface area contributed by atoms with Crippen LogP contribution in [0.5, 0.6) is 5.75 Å². The van der Waals surface area contributed by atoms with E-state index in [1.165, 1.54) is 36.3 Å². The summed E-state index contributed by atoms with van der Waals surface area (Å²) in [6, 6.07) is 12.3. The van der Waals surface area contributed by atoms with Crippen molar-refractivity contribution in [1.29, 1.82) is 0 Å². The SMILES string of the molecule is COCC(=O)N1CCN(CC2(O)CCN(c3ccccc3F)CC2)CC(O)(COc2cccc(F)c2)C1. The van der Waals surface area contributed by atoms with E-state index in [4.69, 9.17) is 9.47 Å². The molecule has 1 amide bonds. The lowest BCUT2D eigenvalue weighted by Gasteiger charge is -2.42. The minimum atomic E-state index is -1.46. The Bertz CT molecular complexity index is 1070. The number of anilines is 1. The fourth-order valence-electron chi connectivity index (χ4n) is 5.12. The first-order chi connectivity index (χ1) is 17.7. The van der Waals surface area contributed by atoms with Gasteiger partial charge in [0.05, 0.1) is 17.8 Å². The molecule has 10 heteroatoms. The first-order valence-electron chi connectivity index (χ1n) is 12.5. The normalized spacial score (nSPS) is 22.5. The highest BCUT2D eigenvalue weighted by molar-refractivity contribution is 5.77. The summed E-state index contributed by atoms with van der Waals surface area (Å²) in [6.45, 7) is 1.96. The molecule has 2 saturated heterocycles. The van der Waals surface area contributed by atoms with Gasteiger partial charge in [-0.05, 0) is 37.1 Å². The largest absolute Gasteiger partial charge is 0.490 e. The summed E-state index contributed by atoms with van der Waals surface area (Å²) >= 11 is 0. The summed E-state index contributed by atoms with van der Waals surface area (Å²) in [5, 5.41) is 22.9. The second-order valence-electron chi connectivity index (χ2n) is 10.1. The Balaban J connectivity index is 1.43. The quantitative estimate of drug-likeness (QED) is 0.551. The highest BCUT2D eigenvalue weighted by atomic mass is 19.1. The van der Waals surface area contributed by atoms with Crippen LogP contribution in [0.2, 0.25) is 0 Å². The number of piperidine rings is 1. The van der Waals surface area contributed by atoms with Gasteiger partial charge in [-0.2, -0.15) is 0 Å². The third kappa shape index (κ3) is 7.16. The van der Waals surface area contributed by atoms with Crippen molar-refractivity contribution in [2.75, 3.05) is 71.0 Å². The van der Waals surface area contributed by atoms with Gasteiger partial charge in [0.2, 0.25) is 5.91 Å². The number of rotatable bonds is 8. The van der Waals surface area contributed by atoms with Gasteiger partial charge in [0, 0.05) is 52.4 Å². The Morgan fingerprint density at radius 2 is 1.73 bits per heavy atom. The zero-order chi connectivity index (χ0) is 26.5. The van der Waals surface area contributed by atoms with E-state index in [0.717, 1.165) is 0 Å². The zero-order valence-electron chi connectivity index (χ0n) is 21.1. The Hall–Kier alpha value is -2.79. The van der Waals surface area contributed by atoms with Gasteiger partial charge in [0.1, 0.15) is 36.2 Å². The number of aliphatic hydroxyl groups is 2. The summed E-state index contributed by atoms with van der Waals surface area (Å²) in [4.78, 5) is 18.0. The number of carbonyl (C=O) groups is 1. The molecular formula is C27H35F2N3O5. The standard InChI is InChI=1S/C27H35F2N3O5/c1-36-16-25(33)32-14-13-30(18-27(35,19-32)20-37-22-6-4-5-21(28)15-22)17-26(34)9-11-31(12-10-26)24-8-3-2-7-23(24)29/h2-8,15,34-35H,9-14,16-20H2,1H3. The van der Waals surface area contributed by atoms with Gasteiger partial charge in [0.25, 0.3) is 0 Å². The van der Waals surface area contributed by atoms with Crippen molar-refractivity contribution in [3.63, 3.8) is 0 Å². The second kappa shape index (κ2) is 11.7. The molecule has 0 aromatic heterocycles. The molecule has 0 aliphatic carbocycles. The molecule has 2 N–H and O–H groups in total. The number of hydrogen-bond donors (Lipinski definition) is 2. The first kappa shape index (κ1) is 27.3. The topological polar surface area (TPSA) is 85.7 Å². The molecule has 0 spiro atoms. The van der Waals surface area contributed by atoms with E-state index in [9.17, 15) is 23.8 Å². The number of para-hydroxylation sites is 1.